The maximum atomic E-state index is 13.3. The van der Waals surface area contributed by atoms with Gasteiger partial charge in [0.1, 0.15) is 17.1 Å². The van der Waals surface area contributed by atoms with E-state index in [0.717, 1.165) is 11.8 Å². The number of carbonyl (C=O) groups is 1. The molecule has 0 bridgehead atoms. The van der Waals surface area contributed by atoms with E-state index in [1.54, 1.807) is 49.6 Å². The van der Waals surface area contributed by atoms with E-state index < -0.39 is 21.7 Å². The molecule has 4 rings (SSSR count). The number of carbonyl (C=O) groups excluding carboxylic acids is 1. The second kappa shape index (κ2) is 9.03. The highest BCUT2D eigenvalue weighted by Gasteiger charge is 2.24. The Kier molecular flexibility index (Phi) is 6.15. The number of hydrogen-bond donors (Lipinski definition) is 1. The molecule has 0 aliphatic rings. The number of rotatable bonds is 7. The van der Waals surface area contributed by atoms with Gasteiger partial charge >= 0.3 is 6.01 Å². The number of halogens is 1. The van der Waals surface area contributed by atoms with E-state index in [-0.39, 0.29) is 23.1 Å². The quantitative estimate of drug-likeness (QED) is 0.433. The smallest absolute Gasteiger partial charge is 0.302 e. The van der Waals surface area contributed by atoms with Gasteiger partial charge in [-0.05, 0) is 53.9 Å². The third-order valence-corrected chi connectivity index (χ3v) is 6.33. The van der Waals surface area contributed by atoms with Gasteiger partial charge in [-0.25, -0.2) is 12.8 Å². The van der Waals surface area contributed by atoms with Crippen LogP contribution in [0.3, 0.4) is 0 Å². The highest BCUT2D eigenvalue weighted by Crippen LogP contribution is 2.27. The molecule has 0 saturated heterocycles. The molecule has 0 fully saturated rings. The molecular weight excluding hydrogens is 447 g/mol. The zero-order valence-corrected chi connectivity index (χ0v) is 18.7. The number of benzene rings is 3. The molecule has 3 aromatic carbocycles. The summed E-state index contributed by atoms with van der Waals surface area (Å²) in [6.45, 7) is 0. The highest BCUT2D eigenvalue weighted by molar-refractivity contribution is 7.90. The lowest BCUT2D eigenvalue weighted by Crippen LogP contribution is -2.23. The molecule has 0 saturated carbocycles. The molecule has 1 N–H and O–H groups in total. The Morgan fingerprint density at radius 3 is 2.42 bits per heavy atom. The van der Waals surface area contributed by atoms with Crippen LogP contribution in [0.25, 0.3) is 11.1 Å². The first kappa shape index (κ1) is 22.5. The Morgan fingerprint density at radius 1 is 1.09 bits per heavy atom. The summed E-state index contributed by atoms with van der Waals surface area (Å²) in [5.41, 5.74) is 2.35. The summed E-state index contributed by atoms with van der Waals surface area (Å²) in [5, 5.41) is 2.69. The predicted octanol–water partition coefficient (Wildman–Crippen LogP) is 4.34. The minimum absolute atomic E-state index is 0.0279. The van der Waals surface area contributed by atoms with Gasteiger partial charge in [0.05, 0.1) is 17.9 Å². The fourth-order valence-corrected chi connectivity index (χ4v) is 4.08. The molecule has 0 radical (unpaired) electrons. The SMILES string of the molecule is COc1ccc2oc(NC(=O)C(Cc3ccc(F)cc3)c3ccc(S(C)(=O)=O)cc3)nc2c1. The normalized spacial score (nSPS) is 12.5. The Balaban J connectivity index is 1.64. The van der Waals surface area contributed by atoms with Crippen molar-refractivity contribution < 1.29 is 26.8 Å². The molecule has 1 heterocycles. The van der Waals surface area contributed by atoms with E-state index in [0.29, 0.717) is 22.4 Å². The summed E-state index contributed by atoms with van der Waals surface area (Å²) >= 11 is 0. The van der Waals surface area contributed by atoms with Crippen LogP contribution in [0.15, 0.2) is 76.0 Å². The van der Waals surface area contributed by atoms with E-state index in [4.69, 9.17) is 9.15 Å². The van der Waals surface area contributed by atoms with Gasteiger partial charge in [-0.15, -0.1) is 0 Å². The number of ether oxygens (including phenoxy) is 1. The van der Waals surface area contributed by atoms with Crippen molar-refractivity contribution in [2.75, 3.05) is 18.7 Å². The van der Waals surface area contributed by atoms with E-state index in [1.807, 2.05) is 0 Å². The monoisotopic (exact) mass is 468 g/mol. The van der Waals surface area contributed by atoms with Crippen molar-refractivity contribution >= 4 is 32.9 Å². The fraction of sp³-hybridized carbons (Fsp3) is 0.167. The molecule has 4 aromatic rings. The van der Waals surface area contributed by atoms with Crippen LogP contribution in [-0.2, 0) is 21.1 Å². The fourth-order valence-electron chi connectivity index (χ4n) is 3.45. The lowest BCUT2D eigenvalue weighted by atomic mass is 9.91. The van der Waals surface area contributed by atoms with Crippen molar-refractivity contribution in [1.82, 2.24) is 4.98 Å². The van der Waals surface area contributed by atoms with Crippen LogP contribution < -0.4 is 10.1 Å². The third kappa shape index (κ3) is 5.20. The molecule has 0 aliphatic carbocycles. The minimum atomic E-state index is -3.38. The number of nitrogens with zero attached hydrogens (tertiary/aromatic N) is 1. The zero-order valence-electron chi connectivity index (χ0n) is 17.9. The predicted molar refractivity (Wildman–Crippen MR) is 122 cm³/mol. The average molecular weight is 469 g/mol. The van der Waals surface area contributed by atoms with Gasteiger partial charge in [0.25, 0.3) is 0 Å². The number of amides is 1. The van der Waals surface area contributed by atoms with Gasteiger partial charge in [0.15, 0.2) is 15.4 Å². The van der Waals surface area contributed by atoms with E-state index in [2.05, 4.69) is 10.3 Å². The largest absolute Gasteiger partial charge is 0.497 e. The van der Waals surface area contributed by atoms with Gasteiger partial charge in [-0.1, -0.05) is 24.3 Å². The molecule has 1 amide bonds. The summed E-state index contributed by atoms with van der Waals surface area (Å²) in [6.07, 6.45) is 1.38. The molecule has 0 aliphatic heterocycles. The van der Waals surface area contributed by atoms with Crippen LogP contribution in [0.1, 0.15) is 17.0 Å². The van der Waals surface area contributed by atoms with E-state index in [9.17, 15) is 17.6 Å². The maximum absolute atomic E-state index is 13.3. The van der Waals surface area contributed by atoms with Crippen LogP contribution >= 0.6 is 0 Å². The second-order valence-electron chi connectivity index (χ2n) is 7.57. The van der Waals surface area contributed by atoms with Gasteiger partial charge in [0.2, 0.25) is 5.91 Å². The Hall–Kier alpha value is -3.72. The highest BCUT2D eigenvalue weighted by atomic mass is 32.2. The lowest BCUT2D eigenvalue weighted by molar-refractivity contribution is -0.117. The molecule has 170 valence electrons. The summed E-state index contributed by atoms with van der Waals surface area (Å²) in [4.78, 5) is 17.7. The number of nitrogens with one attached hydrogen (secondary N) is 1. The first-order valence-corrected chi connectivity index (χ1v) is 11.9. The van der Waals surface area contributed by atoms with Crippen molar-refractivity contribution in [1.29, 1.82) is 0 Å². The number of hydrogen-bond acceptors (Lipinski definition) is 6. The molecule has 9 heteroatoms. The van der Waals surface area contributed by atoms with Crippen molar-refractivity contribution in [2.24, 2.45) is 0 Å². The van der Waals surface area contributed by atoms with Crippen LogP contribution in [0, 0.1) is 5.82 Å². The van der Waals surface area contributed by atoms with Gasteiger partial charge in [0, 0.05) is 12.3 Å². The zero-order chi connectivity index (χ0) is 23.6. The molecule has 1 unspecified atom stereocenters. The van der Waals surface area contributed by atoms with E-state index >= 15 is 0 Å². The Morgan fingerprint density at radius 2 is 1.79 bits per heavy atom. The number of fused-ring (bicyclic) bond motifs is 1. The van der Waals surface area contributed by atoms with Gasteiger partial charge in [-0.2, -0.15) is 4.98 Å². The van der Waals surface area contributed by atoms with Crippen molar-refractivity contribution in [3.63, 3.8) is 0 Å². The van der Waals surface area contributed by atoms with Crippen molar-refractivity contribution in [3.8, 4) is 5.75 Å². The number of anilines is 1. The third-order valence-electron chi connectivity index (χ3n) is 5.21. The standard InChI is InChI=1S/C24H21FN2O5S/c1-31-18-9-12-22-21(14-18)26-24(32-22)27-23(28)20(13-15-3-7-17(25)8-4-15)16-5-10-19(11-6-16)33(2,29)30/h3-12,14,20H,13H2,1-2H3,(H,26,27,28). The van der Waals surface area contributed by atoms with E-state index in [1.165, 1.54) is 24.3 Å². The molecule has 33 heavy (non-hydrogen) atoms. The van der Waals surface area contributed by atoms with Crippen LogP contribution in [0.5, 0.6) is 5.75 Å². The van der Waals surface area contributed by atoms with Crippen molar-refractivity contribution in [2.45, 2.75) is 17.2 Å². The first-order chi connectivity index (χ1) is 15.7. The molecule has 1 atom stereocenters. The first-order valence-electron chi connectivity index (χ1n) is 10.0. The topological polar surface area (TPSA) is 98.5 Å². The summed E-state index contributed by atoms with van der Waals surface area (Å²) in [7, 11) is -1.84. The van der Waals surface area contributed by atoms with Crippen LogP contribution in [-0.4, -0.2) is 32.7 Å². The summed E-state index contributed by atoms with van der Waals surface area (Å²) in [5.74, 6) is -0.869. The minimum Gasteiger partial charge on any atom is -0.497 e. The molecular formula is C24H21FN2O5S. The van der Waals surface area contributed by atoms with Crippen LogP contribution in [0.4, 0.5) is 10.4 Å². The number of oxazole rings is 1. The summed E-state index contributed by atoms with van der Waals surface area (Å²) in [6, 6.07) is 17.1. The Labute approximate surface area is 190 Å². The second-order valence-corrected chi connectivity index (χ2v) is 9.58. The number of aromatic nitrogens is 1. The molecule has 7 nitrogen and oxygen atoms in total. The molecule has 1 aromatic heterocycles. The number of sulfone groups is 1. The van der Waals surface area contributed by atoms with Gasteiger partial charge < -0.3 is 9.15 Å². The van der Waals surface area contributed by atoms with Crippen LogP contribution in [0.2, 0.25) is 0 Å². The average Bonchev–Trinajstić information content (AvgIpc) is 3.19. The number of methoxy groups -OCH3 is 1. The summed E-state index contributed by atoms with van der Waals surface area (Å²) < 4.78 is 47.7. The van der Waals surface area contributed by atoms with Crippen molar-refractivity contribution in [3.05, 3.63) is 83.7 Å². The molecule has 0 spiro atoms. The lowest BCUT2D eigenvalue weighted by Gasteiger charge is -2.17. The van der Waals surface area contributed by atoms with Gasteiger partial charge in [-0.3, -0.25) is 10.1 Å². The maximum Gasteiger partial charge on any atom is 0.302 e. The Bertz CT molecular complexity index is 1400.